The number of nitrogens with zero attached hydrogens (tertiary/aromatic N) is 2. The lowest BCUT2D eigenvalue weighted by Crippen LogP contribution is -2.35. The number of amides is 1. The van der Waals surface area contributed by atoms with E-state index in [0.717, 1.165) is 42.6 Å². The molecular weight excluding hydrogens is 307 g/mol. The van der Waals surface area contributed by atoms with Crippen molar-refractivity contribution in [1.82, 2.24) is 10.1 Å². The predicted molar refractivity (Wildman–Crippen MR) is 89.3 cm³/mol. The van der Waals surface area contributed by atoms with Crippen molar-refractivity contribution in [2.45, 2.75) is 45.4 Å². The first-order chi connectivity index (χ1) is 11.5. The average molecular weight is 330 g/mol. The molecule has 1 aromatic heterocycles. The first-order valence-corrected chi connectivity index (χ1v) is 8.49. The molecule has 1 unspecified atom stereocenters. The summed E-state index contributed by atoms with van der Waals surface area (Å²) in [4.78, 5) is 14.7. The first kappa shape index (κ1) is 16.7. The van der Waals surface area contributed by atoms with Gasteiger partial charge in [0.15, 0.2) is 0 Å². The molecule has 1 amide bonds. The Bertz CT molecular complexity index is 689. The molecule has 0 spiro atoms. The van der Waals surface area contributed by atoms with Crippen molar-refractivity contribution in [3.8, 4) is 0 Å². The van der Waals surface area contributed by atoms with Gasteiger partial charge in [-0.3, -0.25) is 4.79 Å². The summed E-state index contributed by atoms with van der Waals surface area (Å²) in [6.07, 6.45) is 3.44. The summed E-state index contributed by atoms with van der Waals surface area (Å²) >= 11 is 0. The van der Waals surface area contributed by atoms with E-state index in [0.29, 0.717) is 18.7 Å². The van der Waals surface area contributed by atoms with Crippen LogP contribution in [0.4, 0.5) is 4.39 Å². The normalized spacial score (nSPS) is 18.5. The average Bonchev–Trinajstić information content (AvgIpc) is 2.79. The fraction of sp³-hybridized carbons (Fsp3) is 0.474. The van der Waals surface area contributed by atoms with Crippen LogP contribution in [0, 0.1) is 19.7 Å². The van der Waals surface area contributed by atoms with Crippen LogP contribution in [0.1, 0.15) is 47.8 Å². The van der Waals surface area contributed by atoms with Crippen molar-refractivity contribution in [2.75, 3.05) is 13.1 Å². The second kappa shape index (κ2) is 7.16. The summed E-state index contributed by atoms with van der Waals surface area (Å²) in [5.74, 6) is 0.865. The third-order valence-electron chi connectivity index (χ3n) is 4.87. The highest BCUT2D eigenvalue weighted by atomic mass is 19.1. The van der Waals surface area contributed by atoms with Crippen molar-refractivity contribution in [1.29, 1.82) is 0 Å². The van der Waals surface area contributed by atoms with Crippen molar-refractivity contribution in [3.05, 3.63) is 52.7 Å². The monoisotopic (exact) mass is 330 g/mol. The van der Waals surface area contributed by atoms with E-state index < -0.39 is 0 Å². The van der Waals surface area contributed by atoms with Crippen molar-refractivity contribution >= 4 is 5.91 Å². The van der Waals surface area contributed by atoms with E-state index >= 15 is 0 Å². The van der Waals surface area contributed by atoms with Gasteiger partial charge >= 0.3 is 0 Å². The van der Waals surface area contributed by atoms with E-state index in [2.05, 4.69) is 5.16 Å². The smallest absolute Gasteiger partial charge is 0.227 e. The van der Waals surface area contributed by atoms with E-state index in [1.54, 1.807) is 0 Å². The summed E-state index contributed by atoms with van der Waals surface area (Å²) in [6, 6.07) is 6.66. The highest BCUT2D eigenvalue weighted by Crippen LogP contribution is 2.27. The molecule has 1 aliphatic heterocycles. The largest absolute Gasteiger partial charge is 0.361 e. The first-order valence-electron chi connectivity index (χ1n) is 8.49. The summed E-state index contributed by atoms with van der Waals surface area (Å²) < 4.78 is 18.3. The van der Waals surface area contributed by atoms with Gasteiger partial charge in [-0.15, -0.1) is 0 Å². The maximum atomic E-state index is 13.1. The zero-order valence-corrected chi connectivity index (χ0v) is 14.2. The van der Waals surface area contributed by atoms with Gasteiger partial charge in [-0.05, 0) is 44.4 Å². The molecule has 0 bridgehead atoms. The number of benzene rings is 1. The van der Waals surface area contributed by atoms with Crippen LogP contribution in [-0.4, -0.2) is 29.1 Å². The maximum Gasteiger partial charge on any atom is 0.227 e. The number of aromatic nitrogens is 1. The van der Waals surface area contributed by atoms with Crippen LogP contribution < -0.4 is 0 Å². The number of hydrogen-bond acceptors (Lipinski definition) is 3. The van der Waals surface area contributed by atoms with Crippen molar-refractivity contribution < 1.29 is 13.7 Å². The number of carbonyl (C=O) groups excluding carboxylic acids is 1. The Morgan fingerprint density at radius 3 is 2.71 bits per heavy atom. The SMILES string of the molecule is Cc1noc(C)c1CC(=O)N1CCCCC(c2ccc(F)cc2)C1. The molecule has 1 aromatic carbocycles. The van der Waals surface area contributed by atoms with Crippen LogP contribution >= 0.6 is 0 Å². The van der Waals surface area contributed by atoms with Crippen LogP contribution in [0.5, 0.6) is 0 Å². The van der Waals surface area contributed by atoms with Gasteiger partial charge in [0.25, 0.3) is 0 Å². The number of rotatable bonds is 3. The van der Waals surface area contributed by atoms with Gasteiger partial charge in [-0.1, -0.05) is 23.7 Å². The minimum atomic E-state index is -0.223. The maximum absolute atomic E-state index is 13.1. The van der Waals surface area contributed by atoms with Gasteiger partial charge in [0.05, 0.1) is 12.1 Å². The highest BCUT2D eigenvalue weighted by molar-refractivity contribution is 5.79. The molecule has 3 rings (SSSR count). The summed E-state index contributed by atoms with van der Waals surface area (Å²) in [5.41, 5.74) is 2.78. The quantitative estimate of drug-likeness (QED) is 0.860. The van der Waals surface area contributed by atoms with E-state index in [1.165, 1.54) is 12.1 Å². The third-order valence-corrected chi connectivity index (χ3v) is 4.87. The van der Waals surface area contributed by atoms with E-state index in [4.69, 9.17) is 4.52 Å². The second-order valence-electron chi connectivity index (χ2n) is 6.56. The van der Waals surface area contributed by atoms with Crippen LogP contribution in [0.3, 0.4) is 0 Å². The van der Waals surface area contributed by atoms with Crippen LogP contribution in [0.25, 0.3) is 0 Å². The Morgan fingerprint density at radius 2 is 2.04 bits per heavy atom. The topological polar surface area (TPSA) is 46.3 Å². The molecule has 5 heteroatoms. The molecule has 128 valence electrons. The molecule has 2 heterocycles. The summed E-state index contributed by atoms with van der Waals surface area (Å²) in [7, 11) is 0. The van der Waals surface area contributed by atoms with Gasteiger partial charge < -0.3 is 9.42 Å². The molecule has 0 aliphatic carbocycles. The second-order valence-corrected chi connectivity index (χ2v) is 6.56. The molecule has 0 N–H and O–H groups in total. The Morgan fingerprint density at radius 1 is 1.29 bits per heavy atom. The minimum absolute atomic E-state index is 0.110. The number of carbonyl (C=O) groups is 1. The van der Waals surface area contributed by atoms with Crippen molar-refractivity contribution in [3.63, 3.8) is 0 Å². The van der Waals surface area contributed by atoms with Gasteiger partial charge in [-0.2, -0.15) is 0 Å². The minimum Gasteiger partial charge on any atom is -0.361 e. The molecule has 1 atom stereocenters. The number of halogens is 1. The molecule has 1 fully saturated rings. The number of aryl methyl sites for hydroxylation is 2. The molecule has 0 saturated carbocycles. The van der Waals surface area contributed by atoms with Gasteiger partial charge in [0.1, 0.15) is 11.6 Å². The molecule has 4 nitrogen and oxygen atoms in total. The fourth-order valence-corrected chi connectivity index (χ4v) is 3.39. The number of hydrogen-bond donors (Lipinski definition) is 0. The van der Waals surface area contributed by atoms with Gasteiger partial charge in [0.2, 0.25) is 5.91 Å². The summed E-state index contributed by atoms with van der Waals surface area (Å²) in [5, 5.41) is 3.92. The lowest BCUT2D eigenvalue weighted by Gasteiger charge is -2.25. The van der Waals surface area contributed by atoms with Crippen LogP contribution in [0.15, 0.2) is 28.8 Å². The zero-order chi connectivity index (χ0) is 17.1. The third kappa shape index (κ3) is 3.66. The van der Waals surface area contributed by atoms with Gasteiger partial charge in [0, 0.05) is 24.6 Å². The Balaban J connectivity index is 1.72. The lowest BCUT2D eigenvalue weighted by molar-refractivity contribution is -0.130. The lowest BCUT2D eigenvalue weighted by atomic mass is 9.94. The molecule has 2 aromatic rings. The van der Waals surface area contributed by atoms with Gasteiger partial charge in [-0.25, -0.2) is 4.39 Å². The molecule has 24 heavy (non-hydrogen) atoms. The summed E-state index contributed by atoms with van der Waals surface area (Å²) in [6.45, 7) is 5.17. The highest BCUT2D eigenvalue weighted by Gasteiger charge is 2.24. The van der Waals surface area contributed by atoms with Crippen LogP contribution in [-0.2, 0) is 11.2 Å². The fourth-order valence-electron chi connectivity index (χ4n) is 3.39. The van der Waals surface area contributed by atoms with E-state index in [-0.39, 0.29) is 17.6 Å². The van der Waals surface area contributed by atoms with E-state index in [9.17, 15) is 9.18 Å². The Hall–Kier alpha value is -2.17. The molecule has 0 radical (unpaired) electrons. The number of likely N-dealkylation sites (tertiary alicyclic amines) is 1. The standard InChI is InChI=1S/C19H23FN2O2/c1-13-18(14(2)24-21-13)11-19(23)22-10-4-3-5-16(12-22)15-6-8-17(20)9-7-15/h6-9,16H,3-5,10-12H2,1-2H3. The molecule has 1 saturated heterocycles. The van der Waals surface area contributed by atoms with Crippen molar-refractivity contribution in [2.24, 2.45) is 0 Å². The molecule has 1 aliphatic rings. The van der Waals surface area contributed by atoms with Crippen LogP contribution in [0.2, 0.25) is 0 Å². The Labute approximate surface area is 141 Å². The zero-order valence-electron chi connectivity index (χ0n) is 14.2. The van der Waals surface area contributed by atoms with E-state index in [1.807, 2.05) is 30.9 Å². The molecular formula is C19H23FN2O2. The Kier molecular flexibility index (Phi) is 4.97. The predicted octanol–water partition coefficient (Wildman–Crippen LogP) is 3.77.